The molecule has 0 saturated heterocycles. The maximum atomic E-state index is 13.1. The van der Waals surface area contributed by atoms with Crippen LogP contribution in [-0.2, 0) is 65.4 Å². The van der Waals surface area contributed by atoms with Crippen molar-refractivity contribution in [2.75, 3.05) is 39.6 Å². The van der Waals surface area contributed by atoms with Gasteiger partial charge in [0.2, 0.25) is 0 Å². The molecule has 0 heterocycles. The first-order valence-corrected chi connectivity index (χ1v) is 44.0. The van der Waals surface area contributed by atoms with Gasteiger partial charge in [0.1, 0.15) is 19.3 Å². The molecule has 3 N–H and O–H groups in total. The summed E-state index contributed by atoms with van der Waals surface area (Å²) in [7, 11) is -9.92. The lowest BCUT2D eigenvalue weighted by molar-refractivity contribution is -0.161. The lowest BCUT2D eigenvalue weighted by Gasteiger charge is -2.21. The minimum Gasteiger partial charge on any atom is -0.462 e. The molecule has 0 amide bonds. The van der Waals surface area contributed by atoms with Gasteiger partial charge in [-0.1, -0.05) is 363 Å². The highest BCUT2D eigenvalue weighted by Gasteiger charge is 2.30. The molecule has 0 fully saturated rings. The number of hydrogen-bond acceptors (Lipinski definition) is 15. The smallest absolute Gasteiger partial charge is 0.462 e. The van der Waals surface area contributed by atoms with Gasteiger partial charge in [-0.05, 0) is 37.5 Å². The van der Waals surface area contributed by atoms with Crippen molar-refractivity contribution < 1.29 is 80.2 Å². The molecule has 0 aromatic carbocycles. The zero-order valence-corrected chi connectivity index (χ0v) is 65.9. The summed E-state index contributed by atoms with van der Waals surface area (Å²) in [4.78, 5) is 72.9. The van der Waals surface area contributed by atoms with Crippen molar-refractivity contribution in [1.29, 1.82) is 0 Å². The average molecular weight is 1440 g/mol. The van der Waals surface area contributed by atoms with Crippen molar-refractivity contribution in [3.8, 4) is 0 Å². The SMILES string of the molecule is CCCCCCCCCCCCCCCCCC(=O)OC[C@H](COP(=O)(O)OC[C@@H](O)COP(=O)(O)OC[C@@H](COC(=O)CCCCCCCCCC(C)C)OC(=O)CCCCCCCCCCCCCCCC)OC(=O)CCCCCCCCCCCCCCCCCCC(C)C. The lowest BCUT2D eigenvalue weighted by atomic mass is 10.0. The van der Waals surface area contributed by atoms with Crippen LogP contribution in [0.1, 0.15) is 414 Å². The van der Waals surface area contributed by atoms with Crippen LogP contribution < -0.4 is 0 Å². The van der Waals surface area contributed by atoms with Crippen LogP contribution >= 0.6 is 15.6 Å². The Morgan fingerprint density at radius 3 is 0.694 bits per heavy atom. The maximum absolute atomic E-state index is 13.1. The molecule has 0 aliphatic carbocycles. The Bertz CT molecular complexity index is 1890. The first-order chi connectivity index (χ1) is 47.4. The normalized spacial score (nSPS) is 13.9. The Balaban J connectivity index is 5.24. The number of carbonyl (C=O) groups is 4. The third-order valence-electron chi connectivity index (χ3n) is 18.5. The third-order valence-corrected chi connectivity index (χ3v) is 20.4. The number of unbranched alkanes of at least 4 members (excludes halogenated alkanes) is 48. The van der Waals surface area contributed by atoms with Gasteiger partial charge in [0, 0.05) is 25.7 Å². The van der Waals surface area contributed by atoms with Crippen molar-refractivity contribution in [2.24, 2.45) is 11.8 Å². The summed E-state index contributed by atoms with van der Waals surface area (Å²) in [5, 5.41) is 10.6. The van der Waals surface area contributed by atoms with Gasteiger partial charge in [-0.2, -0.15) is 0 Å². The molecule has 2 unspecified atom stereocenters. The highest BCUT2D eigenvalue weighted by molar-refractivity contribution is 7.47. The molecule has 0 rings (SSSR count). The fraction of sp³-hybridized carbons (Fsp3) is 0.949. The topological polar surface area (TPSA) is 237 Å². The van der Waals surface area contributed by atoms with Crippen LogP contribution in [0.2, 0.25) is 0 Å². The summed E-state index contributed by atoms with van der Waals surface area (Å²) in [5.74, 6) is -0.596. The number of hydrogen-bond donors (Lipinski definition) is 3. The molecule has 17 nitrogen and oxygen atoms in total. The average Bonchev–Trinajstić information content (AvgIpc) is 1.54. The second-order valence-electron chi connectivity index (χ2n) is 29.4. The molecule has 98 heavy (non-hydrogen) atoms. The molecule has 0 bridgehead atoms. The van der Waals surface area contributed by atoms with Crippen molar-refractivity contribution in [3.05, 3.63) is 0 Å². The van der Waals surface area contributed by atoms with Gasteiger partial charge in [-0.3, -0.25) is 37.3 Å². The second-order valence-corrected chi connectivity index (χ2v) is 32.3. The van der Waals surface area contributed by atoms with E-state index in [1.165, 1.54) is 225 Å². The van der Waals surface area contributed by atoms with Crippen LogP contribution in [-0.4, -0.2) is 96.7 Å². The Hall–Kier alpha value is -1.94. The minimum absolute atomic E-state index is 0.107. The monoisotopic (exact) mass is 1440 g/mol. The lowest BCUT2D eigenvalue weighted by Crippen LogP contribution is -2.30. The molecule has 0 radical (unpaired) electrons. The van der Waals surface area contributed by atoms with E-state index >= 15 is 0 Å². The largest absolute Gasteiger partial charge is 0.472 e. The zero-order chi connectivity index (χ0) is 72.1. The number of aliphatic hydroxyl groups is 1. The van der Waals surface area contributed by atoms with Crippen LogP contribution in [0.25, 0.3) is 0 Å². The molecule has 0 aliphatic rings. The summed E-state index contributed by atoms with van der Waals surface area (Å²) in [6.07, 6.45) is 59.6. The van der Waals surface area contributed by atoms with E-state index in [4.69, 9.17) is 37.0 Å². The van der Waals surface area contributed by atoms with E-state index in [-0.39, 0.29) is 25.7 Å². The zero-order valence-electron chi connectivity index (χ0n) is 64.1. The van der Waals surface area contributed by atoms with E-state index in [0.717, 1.165) is 102 Å². The number of phosphoric acid groups is 2. The van der Waals surface area contributed by atoms with Crippen molar-refractivity contribution in [2.45, 2.75) is 432 Å². The van der Waals surface area contributed by atoms with Gasteiger partial charge in [0.15, 0.2) is 12.2 Å². The third kappa shape index (κ3) is 72.4. The second kappa shape index (κ2) is 70.7. The summed E-state index contributed by atoms with van der Waals surface area (Å²) < 4.78 is 68.6. The van der Waals surface area contributed by atoms with E-state index in [0.29, 0.717) is 31.6 Å². The van der Waals surface area contributed by atoms with Crippen LogP contribution in [0.5, 0.6) is 0 Å². The van der Waals surface area contributed by atoms with E-state index in [2.05, 4.69) is 41.5 Å². The first-order valence-electron chi connectivity index (χ1n) is 41.0. The summed E-state index contributed by atoms with van der Waals surface area (Å²) in [5.41, 5.74) is 0. The van der Waals surface area contributed by atoms with Gasteiger partial charge in [0.25, 0.3) is 0 Å². The first kappa shape index (κ1) is 96.1. The summed E-state index contributed by atoms with van der Waals surface area (Å²) in [6, 6.07) is 0. The molecule has 0 saturated carbocycles. The van der Waals surface area contributed by atoms with Gasteiger partial charge in [0.05, 0.1) is 26.4 Å². The van der Waals surface area contributed by atoms with Crippen molar-refractivity contribution in [3.63, 3.8) is 0 Å². The number of phosphoric ester groups is 2. The number of ether oxygens (including phenoxy) is 4. The van der Waals surface area contributed by atoms with E-state index < -0.39 is 97.5 Å². The molecule has 582 valence electrons. The molecule has 0 spiro atoms. The number of esters is 4. The quantitative estimate of drug-likeness (QED) is 0.0222. The highest BCUT2D eigenvalue weighted by Crippen LogP contribution is 2.45. The van der Waals surface area contributed by atoms with Crippen molar-refractivity contribution >= 4 is 39.5 Å². The predicted molar refractivity (Wildman–Crippen MR) is 400 cm³/mol. The van der Waals surface area contributed by atoms with Crippen LogP contribution in [0.15, 0.2) is 0 Å². The minimum atomic E-state index is -4.96. The van der Waals surface area contributed by atoms with Crippen LogP contribution in [0.3, 0.4) is 0 Å². The summed E-state index contributed by atoms with van der Waals surface area (Å²) in [6.45, 7) is 9.60. The van der Waals surface area contributed by atoms with E-state index in [9.17, 15) is 43.2 Å². The standard InChI is InChI=1S/C79H154O17P2/c1-7-9-11-13-15-17-19-21-25-30-33-37-43-49-55-61-76(81)89-67-74(95-78(83)64-58-52-45-39-35-31-27-24-23-26-28-32-36-41-47-53-59-71(3)4)69-93-97(85,86)91-65-73(80)66-92-98(87,88)94-70-75(68-90-77(82)62-56-50-46-40-42-48-54-60-72(5)6)96-79(84)63-57-51-44-38-34-29-22-20-18-16-14-12-10-8-2/h71-75,80H,7-70H2,1-6H3,(H,85,86)(H,87,88)/t73-,74-,75-/m1/s1. The fourth-order valence-electron chi connectivity index (χ4n) is 12.2. The fourth-order valence-corrected chi connectivity index (χ4v) is 13.8. The number of carbonyl (C=O) groups excluding carboxylic acids is 4. The van der Waals surface area contributed by atoms with Crippen LogP contribution in [0.4, 0.5) is 0 Å². The molecule has 0 aromatic rings. The van der Waals surface area contributed by atoms with Crippen LogP contribution in [0, 0.1) is 11.8 Å². The van der Waals surface area contributed by atoms with Gasteiger partial charge < -0.3 is 33.8 Å². The van der Waals surface area contributed by atoms with E-state index in [1.807, 2.05) is 0 Å². The molecular formula is C79H154O17P2. The molecule has 0 aromatic heterocycles. The van der Waals surface area contributed by atoms with Crippen molar-refractivity contribution in [1.82, 2.24) is 0 Å². The predicted octanol–water partition coefficient (Wildman–Crippen LogP) is 23.5. The van der Waals surface area contributed by atoms with Gasteiger partial charge in [-0.15, -0.1) is 0 Å². The number of rotatable bonds is 78. The summed E-state index contributed by atoms with van der Waals surface area (Å²) >= 11 is 0. The van der Waals surface area contributed by atoms with E-state index in [1.54, 1.807) is 0 Å². The van der Waals surface area contributed by atoms with Gasteiger partial charge >= 0.3 is 39.5 Å². The Kier molecular flexibility index (Phi) is 69.3. The Morgan fingerprint density at radius 2 is 0.469 bits per heavy atom. The number of aliphatic hydroxyl groups excluding tert-OH is 1. The molecule has 5 atom stereocenters. The highest BCUT2D eigenvalue weighted by atomic mass is 31.2. The maximum Gasteiger partial charge on any atom is 0.472 e. The van der Waals surface area contributed by atoms with Gasteiger partial charge in [-0.25, -0.2) is 9.13 Å². The molecular weight excluding hydrogens is 1280 g/mol. The molecule has 19 heteroatoms. The Morgan fingerprint density at radius 1 is 0.276 bits per heavy atom. The Labute approximate surface area is 600 Å². The molecule has 0 aliphatic heterocycles.